The molecular formula is C30H34Cl3N3O5S. The van der Waals surface area contributed by atoms with Gasteiger partial charge in [-0.2, -0.15) is 0 Å². The van der Waals surface area contributed by atoms with E-state index in [0.717, 1.165) is 22.7 Å². The molecule has 0 bridgehead atoms. The maximum atomic E-state index is 14.1. The maximum absolute atomic E-state index is 14.1. The van der Waals surface area contributed by atoms with Crippen molar-refractivity contribution in [1.82, 2.24) is 10.2 Å². The van der Waals surface area contributed by atoms with Crippen LogP contribution in [0.15, 0.2) is 65.6 Å². The van der Waals surface area contributed by atoms with Crippen LogP contribution in [-0.2, 0) is 26.2 Å². The number of anilines is 1. The first-order valence-corrected chi connectivity index (χ1v) is 15.9. The van der Waals surface area contributed by atoms with Crippen LogP contribution in [0.1, 0.15) is 37.8 Å². The zero-order valence-corrected chi connectivity index (χ0v) is 26.9. The van der Waals surface area contributed by atoms with Crippen molar-refractivity contribution in [3.8, 4) is 5.75 Å². The van der Waals surface area contributed by atoms with Crippen LogP contribution in [0.3, 0.4) is 0 Å². The number of unbranched alkanes of at least 4 members (excludes halogenated alkanes) is 1. The fourth-order valence-electron chi connectivity index (χ4n) is 4.16. The van der Waals surface area contributed by atoms with Gasteiger partial charge >= 0.3 is 0 Å². The predicted octanol–water partition coefficient (Wildman–Crippen LogP) is 6.49. The molecule has 12 heteroatoms. The number of methoxy groups -OCH3 is 1. The maximum Gasteiger partial charge on any atom is 0.264 e. The van der Waals surface area contributed by atoms with Gasteiger partial charge in [-0.15, -0.1) is 0 Å². The molecule has 0 fully saturated rings. The van der Waals surface area contributed by atoms with Crippen LogP contribution < -0.4 is 14.4 Å². The largest absolute Gasteiger partial charge is 0.495 e. The number of carbonyl (C=O) groups excluding carboxylic acids is 2. The standard InChI is InChI=1S/C30H34Cl3N3O5S/c1-5-6-15-34-30(38)21(3)35(18-22-9-10-23(31)16-26(22)33)29(37)19-36(27-17-24(32)11-14-28(27)41-4)42(39,40)25-12-7-20(2)8-13-25/h7-14,16-17,21H,5-6,15,18-19H2,1-4H3,(H,34,38). The summed E-state index contributed by atoms with van der Waals surface area (Å²) in [5, 5.41) is 3.81. The quantitative estimate of drug-likeness (QED) is 0.213. The van der Waals surface area contributed by atoms with E-state index in [4.69, 9.17) is 39.5 Å². The zero-order chi connectivity index (χ0) is 31.0. The minimum Gasteiger partial charge on any atom is -0.495 e. The van der Waals surface area contributed by atoms with Crippen molar-refractivity contribution >= 4 is 62.3 Å². The highest BCUT2D eigenvalue weighted by Gasteiger charge is 2.34. The van der Waals surface area contributed by atoms with Gasteiger partial charge in [0.25, 0.3) is 10.0 Å². The summed E-state index contributed by atoms with van der Waals surface area (Å²) < 4.78 is 34.5. The number of aryl methyl sites for hydroxylation is 1. The van der Waals surface area contributed by atoms with E-state index in [0.29, 0.717) is 22.2 Å². The molecule has 8 nitrogen and oxygen atoms in total. The van der Waals surface area contributed by atoms with Crippen molar-refractivity contribution in [3.63, 3.8) is 0 Å². The third-order valence-electron chi connectivity index (χ3n) is 6.65. The normalized spacial score (nSPS) is 12.0. The Kier molecular flexibility index (Phi) is 11.9. The lowest BCUT2D eigenvalue weighted by molar-refractivity contribution is -0.139. The number of hydrogen-bond donors (Lipinski definition) is 1. The highest BCUT2D eigenvalue weighted by atomic mass is 35.5. The number of halogens is 3. The average Bonchev–Trinajstić information content (AvgIpc) is 2.95. The molecule has 0 aromatic heterocycles. The Bertz CT molecular complexity index is 1520. The second-order valence-electron chi connectivity index (χ2n) is 9.72. The Labute approximate surface area is 262 Å². The van der Waals surface area contributed by atoms with Crippen molar-refractivity contribution in [2.24, 2.45) is 0 Å². The van der Waals surface area contributed by atoms with Crippen molar-refractivity contribution in [1.29, 1.82) is 0 Å². The van der Waals surface area contributed by atoms with E-state index in [9.17, 15) is 18.0 Å². The van der Waals surface area contributed by atoms with E-state index in [1.807, 2.05) is 13.8 Å². The minimum absolute atomic E-state index is 0.0272. The second kappa shape index (κ2) is 15.0. The fraction of sp³-hybridized carbons (Fsp3) is 0.333. The van der Waals surface area contributed by atoms with Gasteiger partial charge in [0.1, 0.15) is 18.3 Å². The number of benzene rings is 3. The van der Waals surface area contributed by atoms with E-state index in [1.165, 1.54) is 42.3 Å². The SMILES string of the molecule is CCCCNC(=O)C(C)N(Cc1ccc(Cl)cc1Cl)C(=O)CN(c1cc(Cl)ccc1OC)S(=O)(=O)c1ccc(C)cc1. The Hall–Kier alpha value is -2.98. The van der Waals surface area contributed by atoms with Gasteiger partial charge < -0.3 is 15.0 Å². The van der Waals surface area contributed by atoms with Gasteiger partial charge in [0.15, 0.2) is 0 Å². The molecule has 0 heterocycles. The van der Waals surface area contributed by atoms with Crippen LogP contribution in [0, 0.1) is 6.92 Å². The van der Waals surface area contributed by atoms with Crippen LogP contribution >= 0.6 is 34.8 Å². The van der Waals surface area contributed by atoms with Crippen LogP contribution in [0.25, 0.3) is 0 Å². The summed E-state index contributed by atoms with van der Waals surface area (Å²) in [4.78, 5) is 28.5. The first kappa shape index (κ1) is 33.5. The Morgan fingerprint density at radius 1 is 0.976 bits per heavy atom. The molecule has 0 saturated carbocycles. The molecule has 1 N–H and O–H groups in total. The molecule has 0 radical (unpaired) electrons. The first-order chi connectivity index (χ1) is 19.9. The number of carbonyl (C=O) groups is 2. The predicted molar refractivity (Wildman–Crippen MR) is 168 cm³/mol. The monoisotopic (exact) mass is 653 g/mol. The van der Waals surface area contributed by atoms with Crippen molar-refractivity contribution in [3.05, 3.63) is 86.9 Å². The van der Waals surface area contributed by atoms with E-state index >= 15 is 0 Å². The third kappa shape index (κ3) is 8.31. The van der Waals surface area contributed by atoms with Gasteiger partial charge in [0.2, 0.25) is 11.8 Å². The number of ether oxygens (including phenoxy) is 1. The van der Waals surface area contributed by atoms with E-state index < -0.39 is 28.5 Å². The van der Waals surface area contributed by atoms with Crippen LogP contribution in [0.4, 0.5) is 5.69 Å². The third-order valence-corrected chi connectivity index (χ3v) is 9.25. The molecular weight excluding hydrogens is 621 g/mol. The van der Waals surface area contributed by atoms with Gasteiger partial charge in [0, 0.05) is 28.2 Å². The Balaban J connectivity index is 2.09. The smallest absolute Gasteiger partial charge is 0.264 e. The van der Waals surface area contributed by atoms with Gasteiger partial charge in [-0.1, -0.05) is 71.9 Å². The molecule has 3 aromatic carbocycles. The first-order valence-electron chi connectivity index (χ1n) is 13.3. The van der Waals surface area contributed by atoms with Crippen LogP contribution in [0.2, 0.25) is 15.1 Å². The topological polar surface area (TPSA) is 96.0 Å². The summed E-state index contributed by atoms with van der Waals surface area (Å²) in [5.74, 6) is -0.826. The summed E-state index contributed by atoms with van der Waals surface area (Å²) in [6.07, 6.45) is 1.65. The molecule has 0 spiro atoms. The molecule has 226 valence electrons. The molecule has 42 heavy (non-hydrogen) atoms. The van der Waals surface area contributed by atoms with Crippen LogP contribution in [0.5, 0.6) is 5.75 Å². The van der Waals surface area contributed by atoms with Gasteiger partial charge in [-0.3, -0.25) is 13.9 Å². The average molecular weight is 655 g/mol. The van der Waals surface area contributed by atoms with Crippen molar-refractivity contribution < 1.29 is 22.7 Å². The summed E-state index contributed by atoms with van der Waals surface area (Å²) in [5.41, 5.74) is 1.48. The highest BCUT2D eigenvalue weighted by Crippen LogP contribution is 2.35. The zero-order valence-electron chi connectivity index (χ0n) is 23.9. The summed E-state index contributed by atoms with van der Waals surface area (Å²) in [6.45, 7) is 5.15. The van der Waals surface area contributed by atoms with Crippen LogP contribution in [-0.4, -0.2) is 51.4 Å². The molecule has 1 unspecified atom stereocenters. The number of nitrogens with one attached hydrogen (secondary N) is 1. The van der Waals surface area contributed by atoms with Gasteiger partial charge in [-0.05, 0) is 68.3 Å². The summed E-state index contributed by atoms with van der Waals surface area (Å²) in [6, 6.07) is 14.6. The number of sulfonamides is 1. The molecule has 0 saturated heterocycles. The molecule has 0 aliphatic rings. The lowest BCUT2D eigenvalue weighted by atomic mass is 10.1. The van der Waals surface area contributed by atoms with Crippen molar-refractivity contribution in [2.75, 3.05) is 24.5 Å². The minimum atomic E-state index is -4.30. The molecule has 2 amide bonds. The van der Waals surface area contributed by atoms with Gasteiger partial charge in [0.05, 0.1) is 17.7 Å². The lowest BCUT2D eigenvalue weighted by Gasteiger charge is -2.32. The summed E-state index contributed by atoms with van der Waals surface area (Å²) >= 11 is 18.8. The van der Waals surface area contributed by atoms with E-state index in [-0.39, 0.29) is 33.8 Å². The number of rotatable bonds is 13. The fourth-order valence-corrected chi connectivity index (χ4v) is 6.21. The Morgan fingerprint density at radius 3 is 2.24 bits per heavy atom. The Morgan fingerprint density at radius 2 is 1.62 bits per heavy atom. The molecule has 3 aromatic rings. The lowest BCUT2D eigenvalue weighted by Crippen LogP contribution is -2.51. The van der Waals surface area contributed by atoms with Crippen molar-refractivity contribution in [2.45, 2.75) is 51.1 Å². The molecule has 1 atom stereocenters. The van der Waals surface area contributed by atoms with E-state index in [2.05, 4.69) is 5.32 Å². The number of nitrogens with zero attached hydrogens (tertiary/aromatic N) is 2. The molecule has 3 rings (SSSR count). The molecule has 0 aliphatic carbocycles. The number of hydrogen-bond acceptors (Lipinski definition) is 5. The van der Waals surface area contributed by atoms with E-state index in [1.54, 1.807) is 37.3 Å². The molecule has 0 aliphatic heterocycles. The highest BCUT2D eigenvalue weighted by molar-refractivity contribution is 7.92. The number of amides is 2. The van der Waals surface area contributed by atoms with Gasteiger partial charge in [-0.25, -0.2) is 8.42 Å². The second-order valence-corrected chi connectivity index (χ2v) is 12.9. The summed E-state index contributed by atoms with van der Waals surface area (Å²) in [7, 11) is -2.90.